The second-order valence-corrected chi connectivity index (χ2v) is 40.0. The average molecular weight is 1530 g/mol. The minimum Gasteiger partial charge on any atom is -0.398 e. The van der Waals surface area contributed by atoms with Crippen molar-refractivity contribution in [2.45, 2.75) is 247 Å². The third kappa shape index (κ3) is 13.8. The topological polar surface area (TPSA) is 35.7 Å². The van der Waals surface area contributed by atoms with Crippen molar-refractivity contribution in [1.29, 1.82) is 0 Å². The predicted octanol–water partition coefficient (Wildman–Crippen LogP) is 30.5. The Labute approximate surface area is 656 Å². The zero-order chi connectivity index (χ0) is 76.3. The molecule has 2 N–H and O–H groups in total. The molecule has 2 saturated carbocycles. The fourth-order valence-corrected chi connectivity index (χ4v) is 21.5. The third-order valence-electron chi connectivity index (χ3n) is 24.8. The maximum Gasteiger partial charge on any atom is 0.0555 e. The van der Waals surface area contributed by atoms with Crippen LogP contribution >= 0.6 is 50.2 Å². The van der Waals surface area contributed by atoms with Gasteiger partial charge in [-0.05, 0) is 254 Å². The van der Waals surface area contributed by atoms with Crippen molar-refractivity contribution in [2.75, 3.05) is 20.4 Å². The van der Waals surface area contributed by atoms with Crippen LogP contribution in [0.5, 0.6) is 0 Å². The normalized spacial score (nSPS) is 19.9. The van der Waals surface area contributed by atoms with Crippen molar-refractivity contribution in [3.63, 3.8) is 0 Å². The van der Waals surface area contributed by atoms with Gasteiger partial charge in [-0.1, -0.05) is 247 Å². The zero-order valence-electron chi connectivity index (χ0n) is 67.5. The number of nitrogen functional groups attached to an aromatic ring is 1. The van der Waals surface area contributed by atoms with Crippen LogP contribution < -0.4 is 20.4 Å². The SMILES string of the molecule is Brc1cccc2sc3ccccc3c12.Cc1cc(C(C)(C)C)cc(C)c1N.Cc1cc(Cl)cc(N2c3ccc(C(C)(C)C)cc3C3(C)CCCCC23C)c1.Cc1cc(N(c2c(C)cc(C(C)(C)C)cc2C)c2cccc3sc4ccccc4c23)cc(N2c3ccc(C(C)(C)C)cc3C3(C)CCCCC23C)c1. The van der Waals surface area contributed by atoms with Gasteiger partial charge in [-0.3, -0.25) is 0 Å². The molecule has 0 saturated heterocycles. The molecule has 4 unspecified atom stereocenters. The molecule has 0 spiro atoms. The van der Waals surface area contributed by atoms with Gasteiger partial charge in [-0.15, -0.1) is 22.7 Å². The summed E-state index contributed by atoms with van der Waals surface area (Å²) in [5, 5.41) is 6.17. The summed E-state index contributed by atoms with van der Waals surface area (Å²) < 4.78 is 6.55. The third-order valence-corrected chi connectivity index (χ3v) is 28.0. The number of halogens is 2. The van der Waals surface area contributed by atoms with Crippen LogP contribution in [0, 0.1) is 41.5 Å². The summed E-state index contributed by atoms with van der Waals surface area (Å²) in [6, 6.07) is 68.4. The lowest BCUT2D eigenvalue weighted by Gasteiger charge is -2.50. The summed E-state index contributed by atoms with van der Waals surface area (Å²) >= 11 is 13.8. The monoisotopic (exact) mass is 1520 g/mol. The standard InChI is InChI=1S/C49H56N2S.C25H32ClN.C12H7BrS.C12H19N/c1-31-25-36(30-37(26-31)51-40-22-21-34(46(4,5)6)29-39(40)48(10)23-14-15-24-49(48,51)11)50(45-32(2)27-35(28-33(45)3)47(7,8)9)41-18-16-20-43-44(41)38-17-12-13-19-42(38)52-43;1-17-13-19(26)16-20(14-17)27-22-10-9-18(23(2,3)4)15-21(22)24(5)11-7-8-12-25(24,27)6;13-9-5-3-7-11-12(9)8-4-1-2-6-10(8)14-11;1-8-6-10(12(3,4)5)7-9(2)11(8)13/h12-13,16-22,25-30H,14-15,23-24H2,1-11H3;9-10,13-16H,7-8,11-12H2,1-6H3;1-7H;6-7H,13H2,1-5H3. The van der Waals surface area contributed by atoms with Gasteiger partial charge >= 0.3 is 0 Å². The largest absolute Gasteiger partial charge is 0.398 e. The minimum absolute atomic E-state index is 0.0241. The van der Waals surface area contributed by atoms with Gasteiger partial charge in [0.2, 0.25) is 0 Å². The summed E-state index contributed by atoms with van der Waals surface area (Å²) in [7, 11) is 0. The summed E-state index contributed by atoms with van der Waals surface area (Å²) in [6.07, 6.45) is 10.0. The van der Waals surface area contributed by atoms with E-state index in [1.165, 1.54) is 203 Å². The number of aryl methyl sites for hydroxylation is 6. The van der Waals surface area contributed by atoms with Gasteiger partial charge < -0.3 is 20.4 Å². The van der Waals surface area contributed by atoms with Crippen molar-refractivity contribution < 1.29 is 0 Å². The second-order valence-electron chi connectivity index (χ2n) is 36.6. The van der Waals surface area contributed by atoms with E-state index in [-0.39, 0.29) is 43.6 Å². The van der Waals surface area contributed by atoms with Crippen LogP contribution in [0.15, 0.2) is 186 Å². The van der Waals surface area contributed by atoms with Crippen LogP contribution in [0.4, 0.5) is 45.5 Å². The Hall–Kier alpha value is -7.39. The van der Waals surface area contributed by atoms with Gasteiger partial charge in [-0.2, -0.15) is 0 Å². The summed E-state index contributed by atoms with van der Waals surface area (Å²) in [5.41, 5.74) is 32.8. The molecular weight excluding hydrogens is 1410 g/mol. The molecule has 0 amide bonds. The molecule has 4 heterocycles. The van der Waals surface area contributed by atoms with Crippen LogP contribution in [0.3, 0.4) is 0 Å². The molecule has 2 aliphatic carbocycles. The van der Waals surface area contributed by atoms with Crippen LogP contribution in [0.1, 0.15) is 229 Å². The molecule has 2 aliphatic heterocycles. The number of nitrogens with zero attached hydrogens (tertiary/aromatic N) is 3. The molecule has 16 rings (SSSR count). The number of rotatable bonds is 5. The van der Waals surface area contributed by atoms with E-state index in [1.54, 1.807) is 0 Å². The maximum absolute atomic E-state index is 6.47. The molecule has 4 nitrogen and oxygen atoms in total. The number of thiophene rings is 2. The van der Waals surface area contributed by atoms with E-state index in [4.69, 9.17) is 17.3 Å². The fourth-order valence-electron chi connectivity index (χ4n) is 18.3. The number of benzene rings is 10. The number of anilines is 8. The number of fused-ring (bicyclic) bond motifs is 12. The van der Waals surface area contributed by atoms with E-state index in [0.29, 0.717) is 0 Å². The highest BCUT2D eigenvalue weighted by Gasteiger charge is 2.59. The van der Waals surface area contributed by atoms with E-state index in [0.717, 1.165) is 10.7 Å². The van der Waals surface area contributed by atoms with Crippen LogP contribution in [-0.2, 0) is 32.5 Å². The molecular formula is C98H114BrClN4S2. The van der Waals surface area contributed by atoms with E-state index in [2.05, 4.69) is 359 Å². The number of hydrogen-bond donors (Lipinski definition) is 1. The number of hydrogen-bond acceptors (Lipinski definition) is 6. The lowest BCUT2D eigenvalue weighted by atomic mass is 9.61. The highest BCUT2D eigenvalue weighted by atomic mass is 79.9. The zero-order valence-corrected chi connectivity index (χ0v) is 71.4. The van der Waals surface area contributed by atoms with Crippen molar-refractivity contribution in [1.82, 2.24) is 0 Å². The van der Waals surface area contributed by atoms with Crippen molar-refractivity contribution >= 4 is 136 Å². The van der Waals surface area contributed by atoms with Crippen LogP contribution in [-0.4, -0.2) is 11.1 Å². The Kier molecular flexibility index (Phi) is 20.5. The van der Waals surface area contributed by atoms with Crippen LogP contribution in [0.2, 0.25) is 5.02 Å². The number of nitrogens with two attached hydrogens (primary N) is 1. The van der Waals surface area contributed by atoms with E-state index in [1.807, 2.05) is 28.7 Å². The molecule has 552 valence electrons. The lowest BCUT2D eigenvalue weighted by molar-refractivity contribution is 0.194. The van der Waals surface area contributed by atoms with Gasteiger partial charge in [0.25, 0.3) is 0 Å². The smallest absolute Gasteiger partial charge is 0.0555 e. The van der Waals surface area contributed by atoms with E-state index in [9.17, 15) is 0 Å². The molecule has 2 aromatic heterocycles. The van der Waals surface area contributed by atoms with E-state index >= 15 is 0 Å². The van der Waals surface area contributed by atoms with Crippen molar-refractivity contribution in [3.8, 4) is 0 Å². The molecule has 0 bridgehead atoms. The van der Waals surface area contributed by atoms with Gasteiger partial charge in [0.05, 0.1) is 22.5 Å². The summed E-state index contributed by atoms with van der Waals surface area (Å²) in [6.45, 7) is 50.9. The highest BCUT2D eigenvalue weighted by molar-refractivity contribution is 9.10. The lowest BCUT2D eigenvalue weighted by Crippen LogP contribution is -2.54. The molecule has 10 aromatic carbocycles. The van der Waals surface area contributed by atoms with Gasteiger partial charge in [0.15, 0.2) is 0 Å². The minimum atomic E-state index is -0.0241. The maximum atomic E-state index is 6.47. The Bertz CT molecular complexity index is 5290. The Morgan fingerprint density at radius 1 is 0.415 bits per heavy atom. The Balaban J connectivity index is 0.000000151. The predicted molar refractivity (Wildman–Crippen MR) is 472 cm³/mol. The molecule has 4 aliphatic rings. The van der Waals surface area contributed by atoms with Crippen molar-refractivity contribution in [2.24, 2.45) is 0 Å². The first kappa shape index (κ1) is 76.8. The highest BCUT2D eigenvalue weighted by Crippen LogP contribution is 2.64. The molecule has 8 heteroatoms. The van der Waals surface area contributed by atoms with Crippen LogP contribution in [0.25, 0.3) is 40.3 Å². The molecule has 106 heavy (non-hydrogen) atoms. The Morgan fingerprint density at radius 2 is 0.821 bits per heavy atom. The molecule has 0 radical (unpaired) electrons. The Morgan fingerprint density at radius 3 is 1.29 bits per heavy atom. The quantitative estimate of drug-likeness (QED) is 0.174. The first-order valence-electron chi connectivity index (χ1n) is 38.8. The second kappa shape index (κ2) is 28.2. The van der Waals surface area contributed by atoms with Gasteiger partial charge in [-0.25, -0.2) is 0 Å². The first-order chi connectivity index (χ1) is 49.7. The summed E-state index contributed by atoms with van der Waals surface area (Å²) in [5.74, 6) is 0. The van der Waals surface area contributed by atoms with Gasteiger partial charge in [0.1, 0.15) is 0 Å². The van der Waals surface area contributed by atoms with Gasteiger partial charge in [0, 0.05) is 94.8 Å². The first-order valence-corrected chi connectivity index (χ1v) is 41.6. The van der Waals surface area contributed by atoms with E-state index < -0.39 is 0 Å². The molecule has 12 aromatic rings. The van der Waals surface area contributed by atoms with Crippen molar-refractivity contribution in [3.05, 3.63) is 258 Å². The molecule has 2 fully saturated rings. The molecule has 4 atom stereocenters. The average Bonchev–Trinajstić information content (AvgIpc) is 1.54. The summed E-state index contributed by atoms with van der Waals surface area (Å²) in [4.78, 5) is 7.95. The fraction of sp³-hybridized carbons (Fsp3) is 0.388.